The van der Waals surface area contributed by atoms with E-state index in [0.29, 0.717) is 38.1 Å². The van der Waals surface area contributed by atoms with E-state index in [1.165, 1.54) is 6.92 Å². The highest BCUT2D eigenvalue weighted by atomic mass is 16.7. The summed E-state index contributed by atoms with van der Waals surface area (Å²) in [7, 11) is 1.58. The van der Waals surface area contributed by atoms with Crippen LogP contribution in [0, 0.1) is 5.92 Å². The molecule has 3 fully saturated rings. The number of nitrogens with two attached hydrogens (primary N) is 4. The minimum absolute atomic E-state index is 0.00583. The minimum atomic E-state index is -1.40. The van der Waals surface area contributed by atoms with E-state index in [2.05, 4.69) is 16.0 Å². The van der Waals surface area contributed by atoms with Crippen molar-refractivity contribution >= 4 is 5.91 Å². The maximum Gasteiger partial charge on any atom is 0.249 e. The third-order valence-electron chi connectivity index (χ3n) is 9.39. The zero-order chi connectivity index (χ0) is 32.4. The summed E-state index contributed by atoms with van der Waals surface area (Å²) < 4.78 is 18.1. The number of hydrogen-bond acceptors (Lipinski definition) is 15. The number of likely N-dealkylation sites (N-methyl/N-ethyl adjacent to an activating group) is 1. The largest absolute Gasteiger partial charge is 0.492 e. The van der Waals surface area contributed by atoms with Crippen molar-refractivity contribution < 1.29 is 44.5 Å². The van der Waals surface area contributed by atoms with Crippen molar-refractivity contribution in [2.75, 3.05) is 33.3 Å². The van der Waals surface area contributed by atoms with E-state index in [1.807, 2.05) is 6.08 Å². The molecule has 16 nitrogen and oxygen atoms in total. The van der Waals surface area contributed by atoms with E-state index in [9.17, 15) is 30.3 Å². The van der Waals surface area contributed by atoms with Crippen LogP contribution in [0.15, 0.2) is 11.8 Å². The van der Waals surface area contributed by atoms with Crippen LogP contribution < -0.4 is 38.9 Å². The summed E-state index contributed by atoms with van der Waals surface area (Å²) in [6.45, 7) is 2.11. The Morgan fingerprint density at radius 2 is 1.89 bits per heavy atom. The number of hydrogen-bond donors (Lipinski definition) is 12. The number of aliphatic hydroxyl groups is 5. The second kappa shape index (κ2) is 14.5. The van der Waals surface area contributed by atoms with E-state index in [-0.39, 0.29) is 32.0 Å². The lowest BCUT2D eigenvalue weighted by Gasteiger charge is -2.50. The molecule has 0 radical (unpaired) electrons. The van der Waals surface area contributed by atoms with Gasteiger partial charge in [-0.1, -0.05) is 0 Å². The fourth-order valence-corrected chi connectivity index (χ4v) is 7.01. The molecule has 2 heterocycles. The molecule has 4 rings (SSSR count). The molecule has 44 heavy (non-hydrogen) atoms. The Hall–Kier alpha value is -1.51. The van der Waals surface area contributed by atoms with E-state index in [0.717, 1.165) is 0 Å². The Kier molecular flexibility index (Phi) is 11.6. The van der Waals surface area contributed by atoms with Crippen LogP contribution in [0.2, 0.25) is 0 Å². The van der Waals surface area contributed by atoms with Gasteiger partial charge in [-0.3, -0.25) is 4.79 Å². The Morgan fingerprint density at radius 1 is 1.18 bits per heavy atom. The number of ether oxygens (including phenoxy) is 3. The quantitative estimate of drug-likeness (QED) is 0.0958. The maximum absolute atomic E-state index is 12.8. The molecule has 4 aliphatic rings. The number of nitrogens with one attached hydrogen (secondary N) is 3. The van der Waals surface area contributed by atoms with Gasteiger partial charge in [0, 0.05) is 30.6 Å². The third kappa shape index (κ3) is 7.88. The van der Waals surface area contributed by atoms with E-state index in [4.69, 9.17) is 37.1 Å². The molecular formula is C28H53N7O9. The van der Waals surface area contributed by atoms with Gasteiger partial charge >= 0.3 is 0 Å². The van der Waals surface area contributed by atoms with E-state index in [1.54, 1.807) is 7.05 Å². The molecule has 0 bridgehead atoms. The first kappa shape index (κ1) is 35.3. The molecule has 16 heteroatoms. The van der Waals surface area contributed by atoms with Gasteiger partial charge in [0.2, 0.25) is 5.91 Å². The molecule has 0 spiro atoms. The summed E-state index contributed by atoms with van der Waals surface area (Å²) >= 11 is 0. The lowest BCUT2D eigenvalue weighted by atomic mass is 9.72. The van der Waals surface area contributed by atoms with E-state index < -0.39 is 84.0 Å². The first-order valence-corrected chi connectivity index (χ1v) is 15.5. The highest BCUT2D eigenvalue weighted by Gasteiger charge is 2.53. The second-order valence-corrected chi connectivity index (χ2v) is 13.2. The summed E-state index contributed by atoms with van der Waals surface area (Å²) in [5.41, 5.74) is 22.2. The Balaban J connectivity index is 1.50. The second-order valence-electron chi connectivity index (χ2n) is 13.2. The predicted octanol–water partition coefficient (Wildman–Crippen LogP) is -5.23. The molecule has 2 aliphatic heterocycles. The molecule has 0 aromatic rings. The van der Waals surface area contributed by atoms with Crippen LogP contribution in [0.3, 0.4) is 0 Å². The van der Waals surface area contributed by atoms with Crippen LogP contribution in [0.1, 0.15) is 39.0 Å². The van der Waals surface area contributed by atoms with Gasteiger partial charge in [-0.15, -0.1) is 0 Å². The van der Waals surface area contributed by atoms with Crippen molar-refractivity contribution in [2.24, 2.45) is 28.9 Å². The Bertz CT molecular complexity index is 1000. The molecule has 1 unspecified atom stereocenters. The molecule has 254 valence electrons. The van der Waals surface area contributed by atoms with Gasteiger partial charge < -0.3 is 78.6 Å². The van der Waals surface area contributed by atoms with Crippen molar-refractivity contribution in [3.63, 3.8) is 0 Å². The lowest BCUT2D eigenvalue weighted by Crippen LogP contribution is -2.69. The van der Waals surface area contributed by atoms with Crippen molar-refractivity contribution in [3.05, 3.63) is 11.8 Å². The number of carbonyl (C=O) groups excluding carboxylic acids is 1. The highest BCUT2D eigenvalue weighted by Crippen LogP contribution is 2.37. The van der Waals surface area contributed by atoms with Gasteiger partial charge in [0.25, 0.3) is 0 Å². The number of carbonyl (C=O) groups is 1. The highest BCUT2D eigenvalue weighted by molar-refractivity contribution is 5.80. The predicted molar refractivity (Wildman–Crippen MR) is 158 cm³/mol. The number of amides is 1. The molecule has 16 N–H and O–H groups in total. The molecule has 2 saturated carbocycles. The first-order chi connectivity index (χ1) is 20.7. The van der Waals surface area contributed by atoms with Gasteiger partial charge in [-0.05, 0) is 58.7 Å². The fourth-order valence-electron chi connectivity index (χ4n) is 7.01. The first-order valence-electron chi connectivity index (χ1n) is 15.5. The van der Waals surface area contributed by atoms with Gasteiger partial charge in [0.05, 0.1) is 36.9 Å². The minimum Gasteiger partial charge on any atom is -0.492 e. The number of rotatable bonds is 12. The molecule has 0 aromatic heterocycles. The normalized spacial score (nSPS) is 45.1. The SMILES string of the molecule is CN[C@@H]1[C@@H](O)[C@@H](O[C@@H]2[C@@H](O)[C@H](C3OC(CNCC4(O)CC(N)C4)=CC[C@H]3N)[C@@H](N)C[C@H]2NC(=O)[C@@H](O)CCN)OC[C@]1(C)O. The Morgan fingerprint density at radius 3 is 2.52 bits per heavy atom. The van der Waals surface area contributed by atoms with Crippen molar-refractivity contribution in [2.45, 2.75) is 117 Å². The standard InChI is InChI=1S/C28H53N7O9/c1-27(40)12-42-26(21(38)24(27)33-2)44-23-17(35-25(39)18(36)5-6-29)7-16(32)19(20(23)37)22-15(31)4-3-14(43-22)10-34-11-28(41)8-13(30)9-28/h3,13,15-24,26,33-34,36-38,40-41H,4-12,29-32H2,1-2H3,(H,35,39)/t13?,15-,16+,17-,18+,19-,20+,21-,22?,23+,24-,26-,27+,28?/m1/s1. The van der Waals surface area contributed by atoms with Gasteiger partial charge in [0.1, 0.15) is 35.8 Å². The average molecular weight is 632 g/mol. The van der Waals surface area contributed by atoms with Crippen molar-refractivity contribution in [3.8, 4) is 0 Å². The summed E-state index contributed by atoms with van der Waals surface area (Å²) in [5, 5.41) is 63.0. The zero-order valence-corrected chi connectivity index (χ0v) is 25.5. The van der Waals surface area contributed by atoms with Crippen LogP contribution in [0.4, 0.5) is 0 Å². The van der Waals surface area contributed by atoms with Crippen molar-refractivity contribution in [1.29, 1.82) is 0 Å². The molecule has 2 aliphatic carbocycles. The molecular weight excluding hydrogens is 578 g/mol. The summed E-state index contributed by atoms with van der Waals surface area (Å²) in [6, 6.07) is -2.92. The number of aliphatic hydroxyl groups excluding tert-OH is 3. The average Bonchev–Trinajstić information content (AvgIpc) is 2.92. The summed E-state index contributed by atoms with van der Waals surface area (Å²) in [6.07, 6.45) is -3.72. The van der Waals surface area contributed by atoms with Gasteiger partial charge in [-0.2, -0.15) is 0 Å². The fraction of sp³-hybridized carbons (Fsp3) is 0.893. The van der Waals surface area contributed by atoms with Crippen molar-refractivity contribution in [1.82, 2.24) is 16.0 Å². The monoisotopic (exact) mass is 631 g/mol. The molecule has 0 aromatic carbocycles. The van der Waals surface area contributed by atoms with Gasteiger partial charge in [0.15, 0.2) is 6.29 Å². The van der Waals surface area contributed by atoms with Crippen LogP contribution in [0.5, 0.6) is 0 Å². The third-order valence-corrected chi connectivity index (χ3v) is 9.39. The summed E-state index contributed by atoms with van der Waals surface area (Å²) in [4.78, 5) is 12.8. The maximum atomic E-state index is 12.8. The Labute approximate surface area is 257 Å². The molecule has 1 amide bonds. The van der Waals surface area contributed by atoms with Crippen LogP contribution in [-0.2, 0) is 19.0 Å². The van der Waals surface area contributed by atoms with Gasteiger partial charge in [-0.25, -0.2) is 0 Å². The molecule has 1 saturated heterocycles. The van der Waals surface area contributed by atoms with Crippen LogP contribution >= 0.6 is 0 Å². The smallest absolute Gasteiger partial charge is 0.249 e. The zero-order valence-electron chi connectivity index (χ0n) is 25.5. The van der Waals surface area contributed by atoms with Crippen LogP contribution in [-0.4, -0.2) is 143 Å². The summed E-state index contributed by atoms with van der Waals surface area (Å²) in [5.74, 6) is -0.867. The van der Waals surface area contributed by atoms with E-state index >= 15 is 0 Å². The van der Waals surface area contributed by atoms with Crippen LogP contribution in [0.25, 0.3) is 0 Å². The lowest BCUT2D eigenvalue weighted by molar-refractivity contribution is -0.297. The topological polar surface area (TPSA) is 286 Å². The molecule has 12 atom stereocenters.